The molecule has 1 heterocycles. The van der Waals surface area contributed by atoms with Crippen molar-refractivity contribution in [3.05, 3.63) is 35.9 Å². The van der Waals surface area contributed by atoms with Crippen LogP contribution < -0.4 is 0 Å². The van der Waals surface area contributed by atoms with Crippen LogP contribution in [0.4, 0.5) is 0 Å². The molecule has 0 aliphatic carbocycles. The third-order valence-electron chi connectivity index (χ3n) is 4.22. The fourth-order valence-corrected chi connectivity index (χ4v) is 2.87. The lowest BCUT2D eigenvalue weighted by molar-refractivity contribution is -0.133. The Hall–Kier alpha value is -1.35. The van der Waals surface area contributed by atoms with E-state index in [0.29, 0.717) is 6.42 Å². The van der Waals surface area contributed by atoms with Crippen LogP contribution in [-0.4, -0.2) is 29.0 Å². The summed E-state index contributed by atoms with van der Waals surface area (Å²) < 4.78 is 0. The van der Waals surface area contributed by atoms with Gasteiger partial charge in [0, 0.05) is 19.5 Å². The number of aliphatic hydroxyl groups excluding tert-OH is 1. The lowest BCUT2D eigenvalue weighted by atomic mass is 9.87. The molecule has 1 saturated heterocycles. The average Bonchev–Trinajstić information content (AvgIpc) is 2.53. The molecular formula is C17H25NO2. The number of unbranched alkanes of at least 4 members (excludes halogenated alkanes) is 1. The van der Waals surface area contributed by atoms with Gasteiger partial charge in [0.1, 0.15) is 0 Å². The van der Waals surface area contributed by atoms with Gasteiger partial charge in [-0.15, -0.1) is 0 Å². The second-order valence-electron chi connectivity index (χ2n) is 5.68. The van der Waals surface area contributed by atoms with Gasteiger partial charge in [-0.25, -0.2) is 0 Å². The largest absolute Gasteiger partial charge is 0.388 e. The number of carbonyl (C=O) groups excluding carboxylic acids is 1. The quantitative estimate of drug-likeness (QED) is 0.896. The Balaban J connectivity index is 1.83. The van der Waals surface area contributed by atoms with Crippen molar-refractivity contribution in [3.63, 3.8) is 0 Å². The van der Waals surface area contributed by atoms with Gasteiger partial charge in [0.05, 0.1) is 6.10 Å². The first-order valence-corrected chi connectivity index (χ1v) is 7.73. The van der Waals surface area contributed by atoms with Gasteiger partial charge in [-0.3, -0.25) is 4.79 Å². The first-order chi connectivity index (χ1) is 9.72. The number of rotatable bonds is 5. The van der Waals surface area contributed by atoms with Crippen LogP contribution in [0.25, 0.3) is 0 Å². The van der Waals surface area contributed by atoms with E-state index in [1.165, 1.54) is 0 Å². The standard InChI is InChI=1S/C17H25NO2/c1-2-3-9-16(19)18-12-10-15(11-13-18)17(20)14-7-5-4-6-8-14/h4-8,15,17,20H,2-3,9-13H2,1H3. The molecule has 3 nitrogen and oxygen atoms in total. The van der Waals surface area contributed by atoms with E-state index in [1.54, 1.807) is 0 Å². The molecule has 3 heteroatoms. The molecule has 20 heavy (non-hydrogen) atoms. The maximum absolute atomic E-state index is 12.0. The SMILES string of the molecule is CCCCC(=O)N1CCC(C(O)c2ccccc2)CC1. The van der Waals surface area contributed by atoms with E-state index in [2.05, 4.69) is 6.92 Å². The van der Waals surface area contributed by atoms with Gasteiger partial charge >= 0.3 is 0 Å². The lowest BCUT2D eigenvalue weighted by Crippen LogP contribution is -2.39. The van der Waals surface area contributed by atoms with E-state index in [-0.39, 0.29) is 11.8 Å². The zero-order chi connectivity index (χ0) is 14.4. The van der Waals surface area contributed by atoms with Crippen LogP contribution in [0.3, 0.4) is 0 Å². The van der Waals surface area contributed by atoms with Crippen LogP contribution in [0, 0.1) is 5.92 Å². The summed E-state index contributed by atoms with van der Waals surface area (Å²) in [5.41, 5.74) is 0.989. The highest BCUT2D eigenvalue weighted by Crippen LogP contribution is 2.30. The Bertz CT molecular complexity index is 410. The summed E-state index contributed by atoms with van der Waals surface area (Å²) in [4.78, 5) is 13.9. The van der Waals surface area contributed by atoms with E-state index in [4.69, 9.17) is 0 Å². The minimum absolute atomic E-state index is 0.271. The number of hydrogen-bond acceptors (Lipinski definition) is 2. The highest BCUT2D eigenvalue weighted by Gasteiger charge is 2.27. The lowest BCUT2D eigenvalue weighted by Gasteiger charge is -2.34. The Morgan fingerprint density at radius 1 is 1.30 bits per heavy atom. The van der Waals surface area contributed by atoms with Gasteiger partial charge < -0.3 is 10.0 Å². The molecule has 1 atom stereocenters. The zero-order valence-electron chi connectivity index (χ0n) is 12.3. The summed E-state index contributed by atoms with van der Waals surface area (Å²) in [6.45, 7) is 3.68. The summed E-state index contributed by atoms with van der Waals surface area (Å²) in [7, 11) is 0. The first-order valence-electron chi connectivity index (χ1n) is 7.73. The number of likely N-dealkylation sites (tertiary alicyclic amines) is 1. The van der Waals surface area contributed by atoms with Crippen LogP contribution >= 0.6 is 0 Å². The smallest absolute Gasteiger partial charge is 0.222 e. The van der Waals surface area contributed by atoms with Crippen molar-refractivity contribution in [2.75, 3.05) is 13.1 Å². The summed E-state index contributed by atoms with van der Waals surface area (Å²) in [6, 6.07) is 9.84. The van der Waals surface area contributed by atoms with E-state index >= 15 is 0 Å². The monoisotopic (exact) mass is 275 g/mol. The van der Waals surface area contributed by atoms with Crippen molar-refractivity contribution in [2.24, 2.45) is 5.92 Å². The zero-order valence-corrected chi connectivity index (χ0v) is 12.3. The number of hydrogen-bond donors (Lipinski definition) is 1. The summed E-state index contributed by atoms with van der Waals surface area (Å²) in [5, 5.41) is 10.4. The van der Waals surface area contributed by atoms with Crippen LogP contribution in [0.15, 0.2) is 30.3 Å². The van der Waals surface area contributed by atoms with Gasteiger partial charge in [0.15, 0.2) is 0 Å². The van der Waals surface area contributed by atoms with E-state index in [9.17, 15) is 9.90 Å². The van der Waals surface area contributed by atoms with Crippen LogP contribution in [0.1, 0.15) is 50.7 Å². The molecule has 1 fully saturated rings. The summed E-state index contributed by atoms with van der Waals surface area (Å²) in [6.07, 6.45) is 4.11. The molecule has 1 N–H and O–H groups in total. The first kappa shape index (κ1) is 15.0. The fourth-order valence-electron chi connectivity index (χ4n) is 2.87. The maximum atomic E-state index is 12.0. The highest BCUT2D eigenvalue weighted by molar-refractivity contribution is 5.76. The van der Waals surface area contributed by atoms with Crippen molar-refractivity contribution in [2.45, 2.75) is 45.1 Å². The predicted octanol–water partition coefficient (Wildman–Crippen LogP) is 3.15. The Labute approximate surface area is 121 Å². The summed E-state index contributed by atoms with van der Waals surface area (Å²) >= 11 is 0. The van der Waals surface area contributed by atoms with Crippen molar-refractivity contribution >= 4 is 5.91 Å². The molecule has 0 saturated carbocycles. The molecule has 1 aliphatic heterocycles. The third-order valence-corrected chi connectivity index (χ3v) is 4.22. The van der Waals surface area contributed by atoms with E-state index in [0.717, 1.165) is 44.3 Å². The molecule has 1 aromatic rings. The Morgan fingerprint density at radius 2 is 1.95 bits per heavy atom. The van der Waals surface area contributed by atoms with Crippen LogP contribution in [0.2, 0.25) is 0 Å². The van der Waals surface area contributed by atoms with Crippen LogP contribution in [-0.2, 0) is 4.79 Å². The van der Waals surface area contributed by atoms with Gasteiger partial charge in [-0.2, -0.15) is 0 Å². The average molecular weight is 275 g/mol. The number of piperidine rings is 1. The van der Waals surface area contributed by atoms with Crippen molar-refractivity contribution < 1.29 is 9.90 Å². The van der Waals surface area contributed by atoms with Gasteiger partial charge in [0.25, 0.3) is 0 Å². The Kier molecular flexibility index (Phi) is 5.60. The Morgan fingerprint density at radius 3 is 2.55 bits per heavy atom. The molecule has 0 radical (unpaired) electrons. The highest BCUT2D eigenvalue weighted by atomic mass is 16.3. The molecule has 1 aromatic carbocycles. The van der Waals surface area contributed by atoms with E-state index < -0.39 is 6.10 Å². The number of nitrogens with zero attached hydrogens (tertiary/aromatic N) is 1. The second-order valence-corrected chi connectivity index (χ2v) is 5.68. The fraction of sp³-hybridized carbons (Fsp3) is 0.588. The summed E-state index contributed by atoms with van der Waals surface area (Å²) in [5.74, 6) is 0.548. The molecule has 2 rings (SSSR count). The van der Waals surface area contributed by atoms with Gasteiger partial charge in [-0.05, 0) is 30.7 Å². The number of benzene rings is 1. The topological polar surface area (TPSA) is 40.5 Å². The minimum Gasteiger partial charge on any atom is -0.388 e. The second kappa shape index (κ2) is 7.44. The number of aliphatic hydroxyl groups is 1. The molecular weight excluding hydrogens is 250 g/mol. The molecule has 1 unspecified atom stereocenters. The molecule has 0 bridgehead atoms. The van der Waals surface area contributed by atoms with Gasteiger partial charge in [0.2, 0.25) is 5.91 Å². The molecule has 0 aromatic heterocycles. The normalized spacial score (nSPS) is 18.0. The number of carbonyl (C=O) groups is 1. The molecule has 110 valence electrons. The van der Waals surface area contributed by atoms with Gasteiger partial charge in [-0.1, -0.05) is 43.7 Å². The maximum Gasteiger partial charge on any atom is 0.222 e. The van der Waals surface area contributed by atoms with Crippen molar-refractivity contribution in [3.8, 4) is 0 Å². The van der Waals surface area contributed by atoms with Crippen molar-refractivity contribution in [1.82, 2.24) is 4.90 Å². The molecule has 1 amide bonds. The van der Waals surface area contributed by atoms with Crippen molar-refractivity contribution in [1.29, 1.82) is 0 Å². The van der Waals surface area contributed by atoms with Crippen LogP contribution in [0.5, 0.6) is 0 Å². The van der Waals surface area contributed by atoms with E-state index in [1.807, 2.05) is 35.2 Å². The minimum atomic E-state index is -0.399. The molecule has 0 spiro atoms. The third kappa shape index (κ3) is 3.83. The molecule has 1 aliphatic rings. The predicted molar refractivity (Wildman–Crippen MR) is 80.2 cm³/mol. The number of amides is 1.